The molecule has 5 atom stereocenters. The summed E-state index contributed by atoms with van der Waals surface area (Å²) in [7, 11) is 0. The number of para-hydroxylation sites is 2. The number of fused-ring (bicyclic) bond motifs is 12. The summed E-state index contributed by atoms with van der Waals surface area (Å²) in [5.74, 6) is 0. The van der Waals surface area contributed by atoms with Crippen LogP contribution in [0, 0.1) is 0 Å². The molecule has 3 aliphatic heterocycles. The van der Waals surface area contributed by atoms with Crippen molar-refractivity contribution in [3.05, 3.63) is 121 Å². The number of hydrogen-bond donors (Lipinski definition) is 1. The Hall–Kier alpha value is -4.64. The molecule has 1 aliphatic carbocycles. The Morgan fingerprint density at radius 1 is 0.750 bits per heavy atom. The highest BCUT2D eigenvalue weighted by atomic mass is 16.3. The average Bonchev–Trinajstić information content (AvgIpc) is 3.37. The molecule has 0 bridgehead atoms. The predicted octanol–water partition coefficient (Wildman–Crippen LogP) is 7.96. The van der Waals surface area contributed by atoms with Gasteiger partial charge in [-0.3, -0.25) is 5.32 Å². The lowest BCUT2D eigenvalue weighted by Gasteiger charge is -2.21. The summed E-state index contributed by atoms with van der Waals surface area (Å²) in [6.07, 6.45) is 9.30. The van der Waals surface area contributed by atoms with Crippen LogP contribution in [0.3, 0.4) is 0 Å². The van der Waals surface area contributed by atoms with Crippen LogP contribution in [0.5, 0.6) is 0 Å². The smallest absolute Gasteiger partial charge is 0.143 e. The minimum absolute atomic E-state index is 0.180. The summed E-state index contributed by atoms with van der Waals surface area (Å²) in [5, 5.41) is 11.6. The molecule has 5 heterocycles. The molecule has 0 radical (unpaired) electrons. The average molecular weight is 514 g/mol. The van der Waals surface area contributed by atoms with Gasteiger partial charge in [-0.15, -0.1) is 0 Å². The third-order valence-corrected chi connectivity index (χ3v) is 9.94. The first-order chi connectivity index (χ1) is 19.8. The molecule has 1 N–H and O–H groups in total. The highest BCUT2D eigenvalue weighted by molar-refractivity contribution is 6.29. The molecule has 7 aromatic rings. The van der Waals surface area contributed by atoms with E-state index in [4.69, 9.17) is 4.42 Å². The Morgan fingerprint density at radius 2 is 1.60 bits per heavy atom. The number of aromatic nitrogens is 1. The molecule has 11 rings (SSSR count). The summed E-state index contributed by atoms with van der Waals surface area (Å²) in [4.78, 5) is 2.65. The van der Waals surface area contributed by atoms with E-state index in [1.54, 1.807) is 0 Å². The summed E-state index contributed by atoms with van der Waals surface area (Å²) in [5.41, 5.74) is 8.08. The lowest BCUT2D eigenvalue weighted by atomic mass is 9.96. The van der Waals surface area contributed by atoms with Crippen LogP contribution in [0.1, 0.15) is 11.7 Å². The maximum absolute atomic E-state index is 6.89. The number of hydrogen-bond acceptors (Lipinski definition) is 3. The molecule has 5 unspecified atom stereocenters. The van der Waals surface area contributed by atoms with Gasteiger partial charge in [-0.2, -0.15) is 0 Å². The number of nitrogens with zero attached hydrogens (tertiary/aromatic N) is 2. The van der Waals surface area contributed by atoms with Crippen LogP contribution in [-0.2, 0) is 5.66 Å². The molecular weight excluding hydrogens is 490 g/mol. The van der Waals surface area contributed by atoms with E-state index >= 15 is 0 Å². The van der Waals surface area contributed by atoms with E-state index in [0.717, 1.165) is 16.7 Å². The van der Waals surface area contributed by atoms with Gasteiger partial charge in [-0.1, -0.05) is 97.1 Å². The van der Waals surface area contributed by atoms with Crippen molar-refractivity contribution in [1.29, 1.82) is 0 Å². The van der Waals surface area contributed by atoms with Gasteiger partial charge >= 0.3 is 0 Å². The van der Waals surface area contributed by atoms with Crippen molar-refractivity contribution in [3.63, 3.8) is 0 Å². The van der Waals surface area contributed by atoms with Crippen molar-refractivity contribution in [1.82, 2.24) is 14.8 Å². The number of furan rings is 1. The fourth-order valence-corrected chi connectivity index (χ4v) is 8.37. The summed E-state index contributed by atoms with van der Waals surface area (Å²) >= 11 is 0. The SMILES string of the molecule is C1=CC2NC34c5cc6oc7c(-c8ccc9ccccc9c8)cccc7c6c6c7ccccc7n(c56)C3N4C2C=C1. The van der Waals surface area contributed by atoms with Crippen molar-refractivity contribution in [2.75, 3.05) is 0 Å². The van der Waals surface area contributed by atoms with Crippen LogP contribution in [0.15, 0.2) is 120 Å². The van der Waals surface area contributed by atoms with E-state index in [1.807, 2.05) is 0 Å². The summed E-state index contributed by atoms with van der Waals surface area (Å²) in [6, 6.07) is 33.8. The highest BCUT2D eigenvalue weighted by Gasteiger charge is 2.76. The van der Waals surface area contributed by atoms with Gasteiger partial charge in [0.25, 0.3) is 0 Å². The first-order valence-electron chi connectivity index (χ1n) is 14.1. The van der Waals surface area contributed by atoms with Crippen LogP contribution < -0.4 is 5.32 Å². The Balaban J connectivity index is 1.24. The second-order valence-electron chi connectivity index (χ2n) is 11.7. The second-order valence-corrected chi connectivity index (χ2v) is 11.7. The maximum Gasteiger partial charge on any atom is 0.143 e. The molecule has 4 aliphatic rings. The molecule has 5 aromatic carbocycles. The quantitative estimate of drug-likeness (QED) is 0.226. The van der Waals surface area contributed by atoms with E-state index in [0.29, 0.717) is 12.1 Å². The third kappa shape index (κ3) is 2.12. The van der Waals surface area contributed by atoms with Crippen molar-refractivity contribution in [2.45, 2.75) is 23.9 Å². The molecule has 2 fully saturated rings. The molecule has 2 saturated heterocycles. The van der Waals surface area contributed by atoms with Crippen LogP contribution in [-0.4, -0.2) is 21.6 Å². The number of piperazine rings is 1. The van der Waals surface area contributed by atoms with Gasteiger partial charge in [0.05, 0.1) is 17.1 Å². The maximum atomic E-state index is 6.89. The van der Waals surface area contributed by atoms with E-state index in [2.05, 4.69) is 130 Å². The van der Waals surface area contributed by atoms with Crippen molar-refractivity contribution < 1.29 is 4.42 Å². The molecule has 4 heteroatoms. The van der Waals surface area contributed by atoms with Crippen LogP contribution in [0.2, 0.25) is 0 Å². The zero-order valence-electron chi connectivity index (χ0n) is 21.5. The predicted molar refractivity (Wildman–Crippen MR) is 161 cm³/mol. The Kier molecular flexibility index (Phi) is 3.33. The third-order valence-electron chi connectivity index (χ3n) is 9.94. The molecular formula is C36H23N3O. The Bertz CT molecular complexity index is 2350. The molecule has 4 nitrogen and oxygen atoms in total. The molecule has 2 aromatic heterocycles. The van der Waals surface area contributed by atoms with Gasteiger partial charge in [0.1, 0.15) is 23.0 Å². The molecule has 1 spiro atoms. The van der Waals surface area contributed by atoms with Crippen molar-refractivity contribution in [2.24, 2.45) is 0 Å². The first kappa shape index (κ1) is 20.3. The fourth-order valence-electron chi connectivity index (χ4n) is 8.37. The van der Waals surface area contributed by atoms with Crippen molar-refractivity contribution >= 4 is 54.5 Å². The second kappa shape index (κ2) is 6.56. The first-order valence-corrected chi connectivity index (χ1v) is 14.1. The fraction of sp³-hybridized carbons (Fsp3) is 0.111. The minimum Gasteiger partial charge on any atom is -0.455 e. The normalized spacial score (nSPS) is 27.3. The van der Waals surface area contributed by atoms with Gasteiger partial charge in [-0.25, -0.2) is 4.90 Å². The highest BCUT2D eigenvalue weighted by Crippen LogP contribution is 2.69. The van der Waals surface area contributed by atoms with E-state index in [-0.39, 0.29) is 11.8 Å². The van der Waals surface area contributed by atoms with Crippen molar-refractivity contribution in [3.8, 4) is 11.1 Å². The molecule has 40 heavy (non-hydrogen) atoms. The van der Waals surface area contributed by atoms with Crippen LogP contribution in [0.4, 0.5) is 0 Å². The molecule has 0 saturated carbocycles. The molecule has 0 amide bonds. The van der Waals surface area contributed by atoms with Gasteiger partial charge in [0.15, 0.2) is 0 Å². The van der Waals surface area contributed by atoms with E-state index in [9.17, 15) is 0 Å². The minimum atomic E-state index is -0.180. The lowest BCUT2D eigenvalue weighted by molar-refractivity contribution is 0.390. The lowest BCUT2D eigenvalue weighted by Crippen LogP contribution is -2.38. The Labute approximate surface area is 229 Å². The van der Waals surface area contributed by atoms with E-state index < -0.39 is 0 Å². The van der Waals surface area contributed by atoms with Gasteiger partial charge in [0, 0.05) is 38.7 Å². The number of rotatable bonds is 1. The monoisotopic (exact) mass is 513 g/mol. The zero-order chi connectivity index (χ0) is 25.7. The largest absolute Gasteiger partial charge is 0.455 e. The number of allylic oxidation sites excluding steroid dienone is 2. The van der Waals surface area contributed by atoms with Gasteiger partial charge in [0.2, 0.25) is 0 Å². The number of benzene rings is 5. The number of nitrogens with one attached hydrogen (secondary N) is 1. The standard InChI is InChI=1S/C36H23N3O/c1-2-9-21-18-22(17-16-20(21)8-1)23-11-7-12-25-31-30(40-34(23)25)19-26-33-32(31)24-10-3-5-14-28(24)38(33)35-36(26)37-27-13-4-6-15-29(27)39(35)36/h1-19,27,29,35,37H. The van der Waals surface area contributed by atoms with Gasteiger partial charge < -0.3 is 8.98 Å². The van der Waals surface area contributed by atoms with Gasteiger partial charge in [-0.05, 0) is 34.5 Å². The summed E-state index contributed by atoms with van der Waals surface area (Å²) in [6.45, 7) is 0. The van der Waals surface area contributed by atoms with Crippen LogP contribution in [0.25, 0.3) is 65.6 Å². The van der Waals surface area contributed by atoms with E-state index in [1.165, 1.54) is 54.5 Å². The van der Waals surface area contributed by atoms with Crippen LogP contribution >= 0.6 is 0 Å². The molecule has 188 valence electrons. The topological polar surface area (TPSA) is 33.1 Å². The summed E-state index contributed by atoms with van der Waals surface area (Å²) < 4.78 is 9.49. The zero-order valence-corrected chi connectivity index (χ0v) is 21.5. The Morgan fingerprint density at radius 3 is 2.58 bits per heavy atom.